The lowest BCUT2D eigenvalue weighted by Gasteiger charge is -2.10. The van der Waals surface area contributed by atoms with Crippen molar-refractivity contribution in [2.24, 2.45) is 0 Å². The molecule has 0 saturated heterocycles. The second kappa shape index (κ2) is 5.47. The van der Waals surface area contributed by atoms with Crippen LogP contribution in [0, 0.1) is 0 Å². The first kappa shape index (κ1) is 15.2. The van der Waals surface area contributed by atoms with Gasteiger partial charge in [-0.3, -0.25) is 0 Å². The van der Waals surface area contributed by atoms with Crippen LogP contribution >= 0.6 is 34.8 Å². The molecular weight excluding hydrogens is 347 g/mol. The molecule has 0 spiro atoms. The minimum absolute atomic E-state index is 0.145. The Morgan fingerprint density at radius 1 is 1.14 bits per heavy atom. The van der Waals surface area contributed by atoms with Crippen molar-refractivity contribution in [3.05, 3.63) is 59.9 Å². The summed E-state index contributed by atoms with van der Waals surface area (Å²) in [5, 5.41) is 9.19. The Morgan fingerprint density at radius 2 is 1.82 bits per heavy atom. The van der Waals surface area contributed by atoms with Gasteiger partial charge in [-0.05, 0) is 12.1 Å². The highest BCUT2D eigenvalue weighted by Gasteiger charge is 2.22. The van der Waals surface area contributed by atoms with E-state index in [1.807, 2.05) is 0 Å². The van der Waals surface area contributed by atoms with Crippen LogP contribution in [0.5, 0.6) is 0 Å². The normalized spacial score (nSPS) is 11.8. The maximum atomic E-state index is 11.2. The zero-order valence-electron chi connectivity index (χ0n) is 11.0. The van der Waals surface area contributed by atoms with Crippen LogP contribution in [-0.4, -0.2) is 20.5 Å². The predicted octanol–water partition coefficient (Wildman–Crippen LogP) is 4.53. The summed E-state index contributed by atoms with van der Waals surface area (Å²) in [4.78, 5) is 15.6. The number of nitrogens with zero attached hydrogens (tertiary/aromatic N) is 2. The topological polar surface area (TPSA) is 54.6 Å². The van der Waals surface area contributed by atoms with E-state index >= 15 is 0 Å². The van der Waals surface area contributed by atoms with E-state index in [2.05, 4.69) is 4.98 Å². The van der Waals surface area contributed by atoms with Gasteiger partial charge in [-0.15, -0.1) is 0 Å². The number of aromatic nitrogens is 2. The van der Waals surface area contributed by atoms with Gasteiger partial charge in [-0.25, -0.2) is 9.78 Å². The Balaban J connectivity index is 2.07. The summed E-state index contributed by atoms with van der Waals surface area (Å²) < 4.78 is 0.190. The first-order chi connectivity index (χ1) is 10.4. The summed E-state index contributed by atoms with van der Waals surface area (Å²) in [5.74, 6) is -1.02. The van der Waals surface area contributed by atoms with Gasteiger partial charge in [0, 0.05) is 23.5 Å². The van der Waals surface area contributed by atoms with Gasteiger partial charge in [-0.1, -0.05) is 59.1 Å². The molecule has 22 heavy (non-hydrogen) atoms. The van der Waals surface area contributed by atoms with Crippen molar-refractivity contribution in [1.29, 1.82) is 0 Å². The van der Waals surface area contributed by atoms with E-state index in [4.69, 9.17) is 34.8 Å². The van der Waals surface area contributed by atoms with Crippen LogP contribution in [0.3, 0.4) is 0 Å². The van der Waals surface area contributed by atoms with Crippen LogP contribution < -0.4 is 0 Å². The number of rotatable bonds is 2. The molecule has 2 heterocycles. The fraction of sp³-hybridized carbons (Fsp3) is 0.0667. The lowest BCUT2D eigenvalue weighted by Crippen LogP contribution is -1.99. The molecule has 0 unspecified atom stereocenters. The molecule has 0 aliphatic carbocycles. The molecule has 4 nitrogen and oxygen atoms in total. The molecular formula is C15H9Cl3N2O2. The predicted molar refractivity (Wildman–Crippen MR) is 86.8 cm³/mol. The Kier molecular flexibility index (Phi) is 3.77. The molecule has 0 fully saturated rings. The lowest BCUT2D eigenvalue weighted by atomic mass is 10.1. The Hall–Kier alpha value is -1.75. The summed E-state index contributed by atoms with van der Waals surface area (Å²) in [5.41, 5.74) is 2.53. The highest BCUT2D eigenvalue weighted by Crippen LogP contribution is 2.38. The second-order valence-corrected chi connectivity index (χ2v) is 6.94. The Labute approximate surface area is 140 Å². The number of carboxylic acids is 1. The number of fused-ring (bicyclic) bond motifs is 1. The van der Waals surface area contributed by atoms with Gasteiger partial charge in [0.1, 0.15) is 5.56 Å². The summed E-state index contributed by atoms with van der Waals surface area (Å²) in [7, 11) is 0. The highest BCUT2D eigenvalue weighted by atomic mass is 35.6. The number of carboxylic acid groups (broad SMARTS) is 1. The van der Waals surface area contributed by atoms with Crippen LogP contribution in [0.1, 0.15) is 15.9 Å². The number of alkyl halides is 3. The molecule has 7 heteroatoms. The van der Waals surface area contributed by atoms with Crippen LogP contribution in [-0.2, 0) is 3.79 Å². The minimum atomic E-state index is -1.48. The number of benzene rings is 1. The van der Waals surface area contributed by atoms with Gasteiger partial charge < -0.3 is 9.51 Å². The highest BCUT2D eigenvalue weighted by molar-refractivity contribution is 6.66. The van der Waals surface area contributed by atoms with Gasteiger partial charge in [-0.2, -0.15) is 0 Å². The third kappa shape index (κ3) is 2.77. The molecule has 0 amide bonds. The SMILES string of the molecule is O=C(O)c1cccn2cc(-c3ccc(C(Cl)(Cl)Cl)cc3)nc12. The van der Waals surface area contributed by atoms with Crippen molar-refractivity contribution in [3.8, 4) is 11.3 Å². The standard InChI is InChI=1S/C15H9Cl3N2O2/c16-15(17,18)10-5-3-9(4-6-10)12-8-20-7-1-2-11(14(21)22)13(20)19-12/h1-8H,(H,21,22). The van der Waals surface area contributed by atoms with Gasteiger partial charge in [0.15, 0.2) is 5.65 Å². The molecule has 0 saturated carbocycles. The first-order valence-corrected chi connectivity index (χ1v) is 7.38. The van der Waals surface area contributed by atoms with E-state index in [0.29, 0.717) is 16.9 Å². The third-order valence-electron chi connectivity index (χ3n) is 3.22. The molecule has 0 radical (unpaired) electrons. The minimum Gasteiger partial charge on any atom is -0.478 e. The third-order valence-corrected chi connectivity index (χ3v) is 3.88. The van der Waals surface area contributed by atoms with Crippen molar-refractivity contribution in [2.75, 3.05) is 0 Å². The van der Waals surface area contributed by atoms with E-state index < -0.39 is 9.76 Å². The van der Waals surface area contributed by atoms with Crippen LogP contribution in [0.2, 0.25) is 0 Å². The quantitative estimate of drug-likeness (QED) is 0.687. The summed E-state index contributed by atoms with van der Waals surface area (Å²) in [6.07, 6.45) is 3.50. The second-order valence-electron chi connectivity index (χ2n) is 4.66. The fourth-order valence-corrected chi connectivity index (χ4v) is 2.53. The molecule has 3 aromatic rings. The zero-order valence-corrected chi connectivity index (χ0v) is 13.3. The average molecular weight is 356 g/mol. The van der Waals surface area contributed by atoms with Crippen LogP contribution in [0.4, 0.5) is 0 Å². The Bertz CT molecular complexity index is 851. The molecule has 2 aromatic heterocycles. The number of aromatic carboxylic acids is 1. The molecule has 112 valence electrons. The van der Waals surface area contributed by atoms with Crippen molar-refractivity contribution in [3.63, 3.8) is 0 Å². The van der Waals surface area contributed by atoms with E-state index in [1.165, 1.54) is 6.07 Å². The van der Waals surface area contributed by atoms with Crippen molar-refractivity contribution in [2.45, 2.75) is 3.79 Å². The van der Waals surface area contributed by atoms with E-state index in [9.17, 15) is 9.90 Å². The van der Waals surface area contributed by atoms with E-state index in [0.717, 1.165) is 5.56 Å². The maximum Gasteiger partial charge on any atom is 0.339 e. The van der Waals surface area contributed by atoms with E-state index in [-0.39, 0.29) is 5.56 Å². The van der Waals surface area contributed by atoms with Crippen molar-refractivity contribution in [1.82, 2.24) is 9.38 Å². The zero-order chi connectivity index (χ0) is 15.9. The van der Waals surface area contributed by atoms with Crippen LogP contribution in [0.15, 0.2) is 48.8 Å². The smallest absolute Gasteiger partial charge is 0.339 e. The summed E-state index contributed by atoms with van der Waals surface area (Å²) in [6.45, 7) is 0. The number of carbonyl (C=O) groups is 1. The number of pyridine rings is 1. The number of imidazole rings is 1. The first-order valence-electron chi connectivity index (χ1n) is 6.25. The largest absolute Gasteiger partial charge is 0.478 e. The molecule has 1 aromatic carbocycles. The van der Waals surface area contributed by atoms with Gasteiger partial charge in [0.25, 0.3) is 0 Å². The van der Waals surface area contributed by atoms with Crippen molar-refractivity contribution >= 4 is 46.4 Å². The molecule has 3 rings (SSSR count). The molecule has 0 aliphatic heterocycles. The molecule has 0 aliphatic rings. The summed E-state index contributed by atoms with van der Waals surface area (Å²) in [6, 6.07) is 10.1. The molecule has 1 N–H and O–H groups in total. The number of halogens is 3. The van der Waals surface area contributed by atoms with Gasteiger partial charge in [0.2, 0.25) is 3.79 Å². The number of hydrogen-bond donors (Lipinski definition) is 1. The maximum absolute atomic E-state index is 11.2. The Morgan fingerprint density at radius 3 is 2.41 bits per heavy atom. The average Bonchev–Trinajstić information content (AvgIpc) is 2.90. The lowest BCUT2D eigenvalue weighted by molar-refractivity contribution is 0.0698. The summed E-state index contributed by atoms with van der Waals surface area (Å²) >= 11 is 17.5. The monoisotopic (exact) mass is 354 g/mol. The van der Waals surface area contributed by atoms with Crippen molar-refractivity contribution < 1.29 is 9.90 Å². The molecule has 0 bridgehead atoms. The number of hydrogen-bond acceptors (Lipinski definition) is 2. The fourth-order valence-electron chi connectivity index (χ4n) is 2.15. The van der Waals surface area contributed by atoms with E-state index in [1.54, 1.807) is 47.1 Å². The van der Waals surface area contributed by atoms with Crippen LogP contribution in [0.25, 0.3) is 16.9 Å². The van der Waals surface area contributed by atoms with Gasteiger partial charge >= 0.3 is 5.97 Å². The van der Waals surface area contributed by atoms with Gasteiger partial charge in [0.05, 0.1) is 5.69 Å². The molecule has 0 atom stereocenters.